The Labute approximate surface area is 393 Å². The van der Waals surface area contributed by atoms with E-state index in [0.717, 1.165) is 80.3 Å². The molecular weight excluding hydrogens is 878 g/mol. The molecule has 2 aromatic heterocycles. The molecule has 3 radical (unpaired) electrons. The summed E-state index contributed by atoms with van der Waals surface area (Å²) in [6.07, 6.45) is 9.44. The molecule has 2 amide bonds. The van der Waals surface area contributed by atoms with E-state index in [4.69, 9.17) is 24.2 Å². The third-order valence-electron chi connectivity index (χ3n) is 12.7. The second-order valence-corrected chi connectivity index (χ2v) is 20.6. The summed E-state index contributed by atoms with van der Waals surface area (Å²) in [4.78, 5) is 55.1. The van der Waals surface area contributed by atoms with Crippen LogP contribution in [-0.4, -0.2) is 129 Å². The van der Waals surface area contributed by atoms with Crippen molar-refractivity contribution in [2.24, 2.45) is 5.41 Å². The Hall–Kier alpha value is -5.43. The summed E-state index contributed by atoms with van der Waals surface area (Å²) in [7, 11) is 3.77. The lowest BCUT2D eigenvalue weighted by atomic mass is 9.73. The van der Waals surface area contributed by atoms with Gasteiger partial charge in [0.2, 0.25) is 0 Å². The van der Waals surface area contributed by atoms with Crippen molar-refractivity contribution in [3.05, 3.63) is 95.8 Å². The van der Waals surface area contributed by atoms with E-state index in [1.165, 1.54) is 17.8 Å². The third-order valence-corrected chi connectivity index (χ3v) is 14.1. The highest BCUT2D eigenvalue weighted by molar-refractivity contribution is 7.99. The molecule has 18 heteroatoms. The molecule has 4 aromatic rings. The predicted octanol–water partition coefficient (Wildman–Crippen LogP) is 7.14. The lowest BCUT2D eigenvalue weighted by Gasteiger charge is -2.44. The Morgan fingerprint density at radius 3 is 2.41 bits per heavy atom. The minimum atomic E-state index is -0.718. The zero-order valence-corrected chi connectivity index (χ0v) is 40.0. The summed E-state index contributed by atoms with van der Waals surface area (Å²) in [5.41, 5.74) is 2.53. The van der Waals surface area contributed by atoms with Crippen LogP contribution in [0.3, 0.4) is 0 Å². The number of halogens is 1. The molecule has 4 aliphatic rings. The Morgan fingerprint density at radius 1 is 0.970 bits per heavy atom. The molecule has 6 heterocycles. The number of benzene rings is 2. The van der Waals surface area contributed by atoms with Crippen molar-refractivity contribution in [1.29, 1.82) is 0 Å². The Balaban J connectivity index is 0.799. The largest absolute Gasteiger partial charge is 0.461 e. The van der Waals surface area contributed by atoms with E-state index in [-0.39, 0.29) is 29.3 Å². The molecule has 0 unspecified atom stereocenters. The minimum absolute atomic E-state index is 0.201. The van der Waals surface area contributed by atoms with E-state index < -0.39 is 34.6 Å². The fourth-order valence-corrected chi connectivity index (χ4v) is 10.5. The second kappa shape index (κ2) is 19.8. The number of rotatable bonds is 11. The van der Waals surface area contributed by atoms with Gasteiger partial charge in [0, 0.05) is 66.9 Å². The molecule has 0 saturated carbocycles. The van der Waals surface area contributed by atoms with Gasteiger partial charge in [-0.2, -0.15) is 5.10 Å². The van der Waals surface area contributed by atoms with Gasteiger partial charge < -0.3 is 34.6 Å². The maximum atomic E-state index is 15.6. The molecule has 2 aromatic carbocycles. The van der Waals surface area contributed by atoms with Gasteiger partial charge in [-0.25, -0.2) is 23.9 Å². The van der Waals surface area contributed by atoms with Gasteiger partial charge in [-0.05, 0) is 121 Å². The number of esters is 1. The number of aromatic nitrogens is 4. The first-order valence-electron chi connectivity index (χ1n) is 22.6. The fourth-order valence-electron chi connectivity index (χ4n) is 9.30. The zero-order valence-electron chi connectivity index (χ0n) is 38.1. The van der Waals surface area contributed by atoms with E-state index in [9.17, 15) is 14.4 Å². The van der Waals surface area contributed by atoms with Crippen LogP contribution in [-0.2, 0) is 14.2 Å². The van der Waals surface area contributed by atoms with Crippen molar-refractivity contribution in [3.63, 3.8) is 0 Å². The Bertz CT molecular complexity index is 2420. The van der Waals surface area contributed by atoms with Crippen LogP contribution in [0.15, 0.2) is 83.0 Å². The first kappa shape index (κ1) is 47.1. The van der Waals surface area contributed by atoms with E-state index in [1.807, 2.05) is 52.0 Å². The number of anilines is 3. The molecule has 8 rings (SSSR count). The third kappa shape index (κ3) is 11.0. The van der Waals surface area contributed by atoms with Crippen molar-refractivity contribution in [3.8, 4) is 0 Å². The van der Waals surface area contributed by atoms with Crippen LogP contribution in [0.1, 0.15) is 93.3 Å². The molecule has 0 aliphatic carbocycles. The number of amides is 2. The number of piperidine rings is 2. The van der Waals surface area contributed by atoms with E-state index in [2.05, 4.69) is 51.8 Å². The number of ether oxygens (including phenoxy) is 3. The highest BCUT2D eigenvalue weighted by Crippen LogP contribution is 2.46. The molecule has 15 nitrogen and oxygen atoms in total. The van der Waals surface area contributed by atoms with E-state index >= 15 is 4.39 Å². The molecule has 1 spiro atoms. The van der Waals surface area contributed by atoms with Crippen LogP contribution in [0.5, 0.6) is 0 Å². The minimum Gasteiger partial charge on any atom is -0.461 e. The first-order chi connectivity index (χ1) is 31.6. The van der Waals surface area contributed by atoms with Crippen molar-refractivity contribution in [1.82, 2.24) is 30.4 Å². The predicted molar refractivity (Wildman–Crippen MR) is 251 cm³/mol. The normalized spacial score (nSPS) is 21.3. The number of carbonyl (C=O) groups excluding carboxylic acids is 3. The number of hydrogen-bond acceptors (Lipinski definition) is 14. The monoisotopic (exact) mass is 934 g/mol. The van der Waals surface area contributed by atoms with Crippen molar-refractivity contribution in [2.75, 3.05) is 67.6 Å². The summed E-state index contributed by atoms with van der Waals surface area (Å²) < 4.78 is 32.4. The van der Waals surface area contributed by atoms with Gasteiger partial charge in [-0.1, -0.05) is 23.9 Å². The number of nitrogens with one attached hydrogen (secondary N) is 2. The fraction of sp³-hybridized carbons (Fsp3) is 0.479. The van der Waals surface area contributed by atoms with Gasteiger partial charge in [-0.15, -0.1) is 5.10 Å². The summed E-state index contributed by atoms with van der Waals surface area (Å²) in [6, 6.07) is 15.7. The lowest BCUT2D eigenvalue weighted by Crippen LogP contribution is -2.59. The highest BCUT2D eigenvalue weighted by Gasteiger charge is 2.55. The smallest absolute Gasteiger partial charge is 0.407 e. The summed E-state index contributed by atoms with van der Waals surface area (Å²) in [5, 5.41) is 14.3. The number of carbonyl (C=O) groups is 3. The first-order valence-corrected chi connectivity index (χ1v) is 23.9. The van der Waals surface area contributed by atoms with Crippen LogP contribution in [0.4, 0.5) is 26.4 Å². The Morgan fingerprint density at radius 2 is 1.76 bits per heavy atom. The average molecular weight is 935 g/mol. The maximum Gasteiger partial charge on any atom is 0.407 e. The van der Waals surface area contributed by atoms with Gasteiger partial charge in [0.05, 0.1) is 58.5 Å². The summed E-state index contributed by atoms with van der Waals surface area (Å²) in [6.45, 7) is 14.6. The highest BCUT2D eigenvalue weighted by atomic mass is 32.2. The summed E-state index contributed by atoms with van der Waals surface area (Å²) in [5.74, 6) is -0.527. The van der Waals surface area contributed by atoms with Gasteiger partial charge in [0.1, 0.15) is 22.3 Å². The van der Waals surface area contributed by atoms with Crippen LogP contribution in [0, 0.1) is 11.2 Å². The summed E-state index contributed by atoms with van der Waals surface area (Å²) >= 11 is 1.43. The van der Waals surface area contributed by atoms with Gasteiger partial charge in [0.15, 0.2) is 5.69 Å². The lowest BCUT2D eigenvalue weighted by molar-refractivity contribution is 0.0393. The molecule has 347 valence electrons. The van der Waals surface area contributed by atoms with Crippen LogP contribution >= 0.6 is 11.8 Å². The quantitative estimate of drug-likeness (QED) is 0.115. The standard InChI is InChI=1S/C48H57FN9O6SSi/c1-6-62-43(60)38-12-11-37(54-55-38)31-14-20-56(21-15-31)34-16-22-57(23-17-34)39-13-10-32(26-36(39)49)42(59)52-33-8-7-9-35(27-33)65-41-29-50-40(28-51-41)58-24-18-48(19-25-58)30-63-47(5,66)44(48)53-45(61)64-46(2,3)4/h7-14,26-29,34,44H,6,15-25,30H2,1-5H3,(H,52,59)(H,53,61)/t44-,47-/m1/s1. The maximum absolute atomic E-state index is 15.6. The van der Waals surface area contributed by atoms with Crippen molar-refractivity contribution < 1.29 is 33.0 Å². The molecule has 3 fully saturated rings. The van der Waals surface area contributed by atoms with Crippen LogP contribution < -0.4 is 20.4 Å². The average Bonchev–Trinajstić information content (AvgIpc) is 3.54. The van der Waals surface area contributed by atoms with E-state index in [0.29, 0.717) is 42.1 Å². The van der Waals surface area contributed by atoms with Gasteiger partial charge in [0.25, 0.3) is 5.91 Å². The van der Waals surface area contributed by atoms with Crippen LogP contribution in [0.25, 0.3) is 5.57 Å². The molecular formula is C48H57FN9O6SSi. The molecule has 66 heavy (non-hydrogen) atoms. The number of hydrogen-bond donors (Lipinski definition) is 2. The molecule has 0 bridgehead atoms. The zero-order chi connectivity index (χ0) is 46.6. The van der Waals surface area contributed by atoms with Crippen molar-refractivity contribution >= 4 is 62.7 Å². The molecule has 2 N–H and O–H groups in total. The van der Waals surface area contributed by atoms with E-state index in [1.54, 1.807) is 43.6 Å². The molecule has 3 saturated heterocycles. The number of nitrogens with zero attached hydrogens (tertiary/aromatic N) is 7. The molecule has 4 aliphatic heterocycles. The van der Waals surface area contributed by atoms with Gasteiger partial charge >= 0.3 is 12.1 Å². The molecule has 2 atom stereocenters. The van der Waals surface area contributed by atoms with Crippen molar-refractivity contribution in [2.45, 2.75) is 99.6 Å². The Kier molecular flexibility index (Phi) is 14.1. The second-order valence-electron chi connectivity index (χ2n) is 18.5. The SMILES string of the molecule is CCOC(=O)c1ccc(C2=CCN(C3CCN(c4ccc(C(=O)Nc5cccc(Sc6cnc(N7CCC8(CC7)CO[C@](C)([Si])[C@H]8NC(=O)OC(C)(C)C)cn6)c5)cc4F)CC3)CC2)nn1. The number of alkyl carbamates (subject to hydrolysis) is 1. The van der Waals surface area contributed by atoms with Gasteiger partial charge in [-0.3, -0.25) is 9.69 Å². The topological polar surface area (TPSA) is 164 Å². The van der Waals surface area contributed by atoms with Crippen LogP contribution in [0.2, 0.25) is 0 Å².